The predicted octanol–water partition coefficient (Wildman–Crippen LogP) is 1.49. The topological polar surface area (TPSA) is 90.5 Å². The Morgan fingerprint density at radius 3 is 2.65 bits per heavy atom. The molecule has 0 heterocycles. The van der Waals surface area contributed by atoms with Gasteiger partial charge in [-0.2, -0.15) is 14.0 Å². The van der Waals surface area contributed by atoms with Crippen LogP contribution in [0, 0.1) is 11.3 Å². The van der Waals surface area contributed by atoms with Crippen molar-refractivity contribution in [3.63, 3.8) is 0 Å². The lowest BCUT2D eigenvalue weighted by molar-refractivity contribution is -0.136. The molecule has 0 radical (unpaired) electrons. The summed E-state index contributed by atoms with van der Waals surface area (Å²) in [5.41, 5.74) is -0.399. The number of hydrogen-bond acceptors (Lipinski definition) is 4. The average molecular weight is 243 g/mol. The van der Waals surface area contributed by atoms with Crippen LogP contribution in [0.3, 0.4) is 0 Å². The van der Waals surface area contributed by atoms with Crippen molar-refractivity contribution in [1.82, 2.24) is 0 Å². The minimum atomic E-state index is -3.17. The van der Waals surface area contributed by atoms with E-state index in [-0.39, 0.29) is 5.56 Å². The van der Waals surface area contributed by atoms with E-state index in [9.17, 15) is 18.7 Å². The van der Waals surface area contributed by atoms with Crippen LogP contribution in [-0.2, 0) is 11.2 Å². The van der Waals surface area contributed by atoms with Crippen molar-refractivity contribution >= 4 is 5.97 Å². The van der Waals surface area contributed by atoms with Gasteiger partial charge < -0.3 is 14.9 Å². The number of nitrogens with zero attached hydrogens (tertiary/aromatic N) is 1. The summed E-state index contributed by atoms with van der Waals surface area (Å²) in [4.78, 5) is 10.4. The van der Waals surface area contributed by atoms with E-state index in [0.29, 0.717) is 0 Å². The number of carbonyl (C=O) groups is 1. The molecule has 0 fully saturated rings. The van der Waals surface area contributed by atoms with Crippen molar-refractivity contribution in [3.05, 3.63) is 23.3 Å². The van der Waals surface area contributed by atoms with Gasteiger partial charge in [-0.1, -0.05) is 0 Å². The molecule has 0 aliphatic rings. The van der Waals surface area contributed by atoms with E-state index in [4.69, 9.17) is 10.4 Å². The number of alkyl halides is 2. The number of carboxylic acid groups (broad SMARTS) is 1. The van der Waals surface area contributed by atoms with Crippen LogP contribution in [0.2, 0.25) is 0 Å². The zero-order valence-corrected chi connectivity index (χ0v) is 8.35. The largest absolute Gasteiger partial charge is 0.506 e. The third kappa shape index (κ3) is 3.31. The molecule has 0 amide bonds. The van der Waals surface area contributed by atoms with Crippen molar-refractivity contribution in [3.8, 4) is 17.6 Å². The fourth-order valence-corrected chi connectivity index (χ4v) is 1.23. The number of rotatable bonds is 4. The maximum Gasteiger partial charge on any atom is 0.387 e. The molecule has 1 rings (SSSR count). The maximum atomic E-state index is 12.0. The van der Waals surface area contributed by atoms with E-state index in [1.165, 1.54) is 6.07 Å². The first-order chi connectivity index (χ1) is 7.93. The number of aliphatic carboxylic acids is 1. The van der Waals surface area contributed by atoms with Gasteiger partial charge in [-0.25, -0.2) is 0 Å². The van der Waals surface area contributed by atoms with Crippen LogP contribution in [-0.4, -0.2) is 22.8 Å². The molecular weight excluding hydrogens is 236 g/mol. The lowest BCUT2D eigenvalue weighted by atomic mass is 10.1. The Morgan fingerprint density at radius 1 is 1.53 bits per heavy atom. The molecule has 1 aromatic carbocycles. The smallest absolute Gasteiger partial charge is 0.387 e. The number of aromatic hydroxyl groups is 1. The van der Waals surface area contributed by atoms with Crippen LogP contribution in [0.5, 0.6) is 11.5 Å². The zero-order valence-electron chi connectivity index (χ0n) is 8.35. The van der Waals surface area contributed by atoms with E-state index in [1.807, 2.05) is 0 Å². The van der Waals surface area contributed by atoms with Crippen LogP contribution >= 0.6 is 0 Å². The van der Waals surface area contributed by atoms with Gasteiger partial charge in [0.25, 0.3) is 0 Å². The van der Waals surface area contributed by atoms with Gasteiger partial charge in [-0.05, 0) is 17.7 Å². The van der Waals surface area contributed by atoms with Crippen molar-refractivity contribution in [2.24, 2.45) is 0 Å². The summed E-state index contributed by atoms with van der Waals surface area (Å²) in [6.07, 6.45) is -0.473. The number of hydrogen-bond donors (Lipinski definition) is 2. The molecule has 0 bridgehead atoms. The number of halogens is 2. The van der Waals surface area contributed by atoms with Crippen LogP contribution in [0.15, 0.2) is 12.1 Å². The molecule has 0 saturated heterocycles. The highest BCUT2D eigenvalue weighted by Gasteiger charge is 2.16. The van der Waals surface area contributed by atoms with Gasteiger partial charge in [0.05, 0.1) is 6.42 Å². The van der Waals surface area contributed by atoms with Gasteiger partial charge >= 0.3 is 12.6 Å². The second-order valence-electron chi connectivity index (χ2n) is 3.05. The summed E-state index contributed by atoms with van der Waals surface area (Å²) in [7, 11) is 0. The SMILES string of the molecule is N#Cc1c(O)cc(CC(=O)O)cc1OC(F)F. The molecule has 7 heteroatoms. The van der Waals surface area contributed by atoms with Crippen molar-refractivity contribution in [2.75, 3.05) is 0 Å². The van der Waals surface area contributed by atoms with Gasteiger partial charge in [0.2, 0.25) is 0 Å². The minimum Gasteiger partial charge on any atom is -0.506 e. The Balaban J connectivity index is 3.19. The number of nitriles is 1. The van der Waals surface area contributed by atoms with Gasteiger partial charge in [0, 0.05) is 0 Å². The quantitative estimate of drug-likeness (QED) is 0.836. The van der Waals surface area contributed by atoms with Crippen molar-refractivity contribution in [1.29, 1.82) is 5.26 Å². The minimum absolute atomic E-state index is 0.0599. The standard InChI is InChI=1S/C10H7F2NO4/c11-10(12)17-8-2-5(3-9(15)16)1-7(14)6(8)4-13/h1-2,10,14H,3H2,(H,15,16). The average Bonchev–Trinajstić information content (AvgIpc) is 2.14. The molecular formula is C10H7F2NO4. The monoisotopic (exact) mass is 243 g/mol. The third-order valence-electron chi connectivity index (χ3n) is 1.82. The van der Waals surface area contributed by atoms with Gasteiger partial charge in [0.1, 0.15) is 23.1 Å². The molecule has 0 atom stereocenters. The normalized spacial score (nSPS) is 10.0. The fourth-order valence-electron chi connectivity index (χ4n) is 1.23. The Morgan fingerprint density at radius 2 is 2.18 bits per heavy atom. The van der Waals surface area contributed by atoms with Crippen LogP contribution < -0.4 is 4.74 Å². The molecule has 0 aromatic heterocycles. The summed E-state index contributed by atoms with van der Waals surface area (Å²) in [6, 6.07) is 3.50. The number of carboxylic acids is 1. The van der Waals surface area contributed by atoms with E-state index in [1.54, 1.807) is 0 Å². The van der Waals surface area contributed by atoms with E-state index < -0.39 is 36.1 Å². The molecule has 0 saturated carbocycles. The van der Waals surface area contributed by atoms with E-state index in [0.717, 1.165) is 12.1 Å². The summed E-state index contributed by atoms with van der Waals surface area (Å²) in [5, 5.41) is 26.5. The maximum absolute atomic E-state index is 12.0. The lowest BCUT2D eigenvalue weighted by Crippen LogP contribution is -2.06. The lowest BCUT2D eigenvalue weighted by Gasteiger charge is -2.09. The summed E-state index contributed by atoms with van der Waals surface area (Å²) in [5.74, 6) is -2.34. The van der Waals surface area contributed by atoms with Gasteiger partial charge in [-0.3, -0.25) is 4.79 Å². The van der Waals surface area contributed by atoms with Gasteiger partial charge in [-0.15, -0.1) is 0 Å². The Hall–Kier alpha value is -2.36. The fraction of sp³-hybridized carbons (Fsp3) is 0.200. The molecule has 2 N–H and O–H groups in total. The molecule has 0 unspecified atom stereocenters. The van der Waals surface area contributed by atoms with Crippen molar-refractivity contribution < 1.29 is 28.5 Å². The second kappa shape index (κ2) is 5.12. The van der Waals surface area contributed by atoms with Crippen LogP contribution in [0.4, 0.5) is 8.78 Å². The molecule has 0 aliphatic carbocycles. The Bertz CT molecular complexity index is 482. The predicted molar refractivity (Wildman–Crippen MR) is 50.8 cm³/mol. The first-order valence-electron chi connectivity index (χ1n) is 4.36. The summed E-state index contributed by atoms with van der Waals surface area (Å²) in [6.45, 7) is -3.17. The molecule has 1 aromatic rings. The first kappa shape index (κ1) is 12.7. The Labute approximate surface area is 94.5 Å². The molecule has 17 heavy (non-hydrogen) atoms. The van der Waals surface area contributed by atoms with Gasteiger partial charge in [0.15, 0.2) is 0 Å². The number of phenols is 1. The highest BCUT2D eigenvalue weighted by atomic mass is 19.3. The molecule has 5 nitrogen and oxygen atoms in total. The van der Waals surface area contributed by atoms with Crippen LogP contribution in [0.25, 0.3) is 0 Å². The summed E-state index contributed by atoms with van der Waals surface area (Å²) >= 11 is 0. The number of benzene rings is 1. The molecule has 0 aliphatic heterocycles. The molecule has 0 spiro atoms. The number of phenolic OH excluding ortho intramolecular Hbond substituents is 1. The first-order valence-corrected chi connectivity index (χ1v) is 4.36. The second-order valence-corrected chi connectivity index (χ2v) is 3.05. The highest BCUT2D eigenvalue weighted by molar-refractivity contribution is 5.71. The summed E-state index contributed by atoms with van der Waals surface area (Å²) < 4.78 is 28.1. The number of ether oxygens (including phenoxy) is 1. The highest BCUT2D eigenvalue weighted by Crippen LogP contribution is 2.30. The van der Waals surface area contributed by atoms with Crippen LogP contribution in [0.1, 0.15) is 11.1 Å². The third-order valence-corrected chi connectivity index (χ3v) is 1.82. The molecule has 90 valence electrons. The zero-order chi connectivity index (χ0) is 13.0. The Kier molecular flexibility index (Phi) is 3.82. The van der Waals surface area contributed by atoms with E-state index in [2.05, 4.69) is 4.74 Å². The van der Waals surface area contributed by atoms with E-state index >= 15 is 0 Å². The van der Waals surface area contributed by atoms with Crippen molar-refractivity contribution in [2.45, 2.75) is 13.0 Å².